The summed E-state index contributed by atoms with van der Waals surface area (Å²) in [5.41, 5.74) is 2.11. The lowest BCUT2D eigenvalue weighted by atomic mass is 10.1. The van der Waals surface area contributed by atoms with E-state index in [-0.39, 0.29) is 12.1 Å². The van der Waals surface area contributed by atoms with Crippen molar-refractivity contribution in [3.05, 3.63) is 57.3 Å². The number of amides is 2. The minimum atomic E-state index is -0.558. The van der Waals surface area contributed by atoms with Crippen LogP contribution in [0.3, 0.4) is 0 Å². The number of aryl methyl sites for hydroxylation is 1. The molecule has 1 aromatic carbocycles. The molecular formula is C16H18N2O2S. The average molecular weight is 302 g/mol. The molecule has 2 amide bonds. The first-order valence-corrected chi connectivity index (χ1v) is 7.80. The van der Waals surface area contributed by atoms with E-state index in [4.69, 9.17) is 0 Å². The largest absolute Gasteiger partial charge is 0.390 e. The van der Waals surface area contributed by atoms with Crippen LogP contribution in [0.4, 0.5) is 4.79 Å². The van der Waals surface area contributed by atoms with Crippen molar-refractivity contribution >= 4 is 17.4 Å². The van der Waals surface area contributed by atoms with Gasteiger partial charge in [-0.3, -0.25) is 0 Å². The lowest BCUT2D eigenvalue weighted by Gasteiger charge is -2.18. The number of carbonyl (C=O) groups excluding carboxylic acids is 1. The second-order valence-electron chi connectivity index (χ2n) is 5.29. The van der Waals surface area contributed by atoms with Gasteiger partial charge in [0.05, 0.1) is 18.7 Å². The van der Waals surface area contributed by atoms with Crippen molar-refractivity contribution in [2.45, 2.75) is 32.0 Å². The molecule has 1 aliphatic rings. The third kappa shape index (κ3) is 3.09. The molecule has 0 bridgehead atoms. The van der Waals surface area contributed by atoms with Gasteiger partial charge in [-0.25, -0.2) is 4.79 Å². The SMILES string of the molecule is Cc1ccc(CNC(=O)NC2c3ccccc3CC2O)s1. The third-order valence-corrected chi connectivity index (χ3v) is 4.71. The van der Waals surface area contributed by atoms with Gasteiger partial charge in [-0.2, -0.15) is 0 Å². The summed E-state index contributed by atoms with van der Waals surface area (Å²) in [4.78, 5) is 14.4. The van der Waals surface area contributed by atoms with Crippen LogP contribution < -0.4 is 10.6 Å². The van der Waals surface area contributed by atoms with Crippen LogP contribution in [-0.2, 0) is 13.0 Å². The Kier molecular flexibility index (Phi) is 3.94. The summed E-state index contributed by atoms with van der Waals surface area (Å²) in [6.07, 6.45) is 0.0303. The molecule has 3 N–H and O–H groups in total. The van der Waals surface area contributed by atoms with E-state index in [1.807, 2.05) is 43.3 Å². The van der Waals surface area contributed by atoms with Crippen molar-refractivity contribution in [3.8, 4) is 0 Å². The molecule has 4 nitrogen and oxygen atoms in total. The van der Waals surface area contributed by atoms with E-state index in [1.165, 1.54) is 4.88 Å². The van der Waals surface area contributed by atoms with Gasteiger partial charge in [0, 0.05) is 16.2 Å². The molecule has 0 saturated carbocycles. The summed E-state index contributed by atoms with van der Waals surface area (Å²) in [6, 6.07) is 11.3. The Morgan fingerprint density at radius 3 is 2.90 bits per heavy atom. The smallest absolute Gasteiger partial charge is 0.315 e. The second kappa shape index (κ2) is 5.87. The second-order valence-corrected chi connectivity index (χ2v) is 6.66. The fourth-order valence-corrected chi connectivity index (χ4v) is 3.52. The van der Waals surface area contributed by atoms with Gasteiger partial charge in [-0.05, 0) is 30.2 Å². The fourth-order valence-electron chi connectivity index (χ4n) is 2.69. The monoisotopic (exact) mass is 302 g/mol. The molecule has 1 heterocycles. The maximum absolute atomic E-state index is 12.0. The van der Waals surface area contributed by atoms with Crippen LogP contribution in [0, 0.1) is 6.92 Å². The van der Waals surface area contributed by atoms with Crippen LogP contribution in [0.5, 0.6) is 0 Å². The molecule has 110 valence electrons. The molecular weight excluding hydrogens is 284 g/mol. The predicted octanol–water partition coefficient (Wildman–Crippen LogP) is 2.51. The Labute approximate surface area is 127 Å². The van der Waals surface area contributed by atoms with Gasteiger partial charge in [-0.15, -0.1) is 11.3 Å². The van der Waals surface area contributed by atoms with Crippen molar-refractivity contribution in [2.75, 3.05) is 0 Å². The Morgan fingerprint density at radius 1 is 1.33 bits per heavy atom. The van der Waals surface area contributed by atoms with Gasteiger partial charge in [-0.1, -0.05) is 24.3 Å². The van der Waals surface area contributed by atoms with E-state index in [2.05, 4.69) is 10.6 Å². The Bertz CT molecular complexity index is 653. The zero-order valence-electron chi connectivity index (χ0n) is 11.8. The van der Waals surface area contributed by atoms with Crippen molar-refractivity contribution in [1.29, 1.82) is 0 Å². The number of urea groups is 1. The molecule has 21 heavy (non-hydrogen) atoms. The van der Waals surface area contributed by atoms with E-state index >= 15 is 0 Å². The summed E-state index contributed by atoms with van der Waals surface area (Å²) in [7, 11) is 0. The number of thiophene rings is 1. The van der Waals surface area contributed by atoms with Crippen LogP contribution >= 0.6 is 11.3 Å². The molecule has 0 saturated heterocycles. The Hall–Kier alpha value is -1.85. The van der Waals surface area contributed by atoms with E-state index in [1.54, 1.807) is 11.3 Å². The van der Waals surface area contributed by atoms with Gasteiger partial charge in [0.25, 0.3) is 0 Å². The molecule has 5 heteroatoms. The quantitative estimate of drug-likeness (QED) is 0.816. The summed E-state index contributed by atoms with van der Waals surface area (Å²) in [5.74, 6) is 0. The van der Waals surface area contributed by atoms with Gasteiger partial charge >= 0.3 is 6.03 Å². The molecule has 0 aliphatic heterocycles. The molecule has 3 rings (SSSR count). The zero-order chi connectivity index (χ0) is 14.8. The molecule has 0 fully saturated rings. The number of benzene rings is 1. The van der Waals surface area contributed by atoms with Gasteiger partial charge < -0.3 is 15.7 Å². The van der Waals surface area contributed by atoms with Crippen LogP contribution in [-0.4, -0.2) is 17.2 Å². The van der Waals surface area contributed by atoms with Crippen LogP contribution in [0.2, 0.25) is 0 Å². The average Bonchev–Trinajstić information content (AvgIpc) is 3.01. The highest BCUT2D eigenvalue weighted by atomic mass is 32.1. The highest BCUT2D eigenvalue weighted by Crippen LogP contribution is 2.31. The van der Waals surface area contributed by atoms with Crippen LogP contribution in [0.1, 0.15) is 26.9 Å². The highest BCUT2D eigenvalue weighted by molar-refractivity contribution is 7.11. The molecule has 2 aromatic rings. The number of aliphatic hydroxyl groups excluding tert-OH is 1. The van der Waals surface area contributed by atoms with E-state index in [9.17, 15) is 9.90 Å². The van der Waals surface area contributed by atoms with Gasteiger partial charge in [0.1, 0.15) is 0 Å². The minimum absolute atomic E-state index is 0.248. The van der Waals surface area contributed by atoms with Crippen molar-refractivity contribution in [3.63, 3.8) is 0 Å². The third-order valence-electron chi connectivity index (χ3n) is 3.71. The maximum Gasteiger partial charge on any atom is 0.315 e. The Balaban J connectivity index is 1.60. The Morgan fingerprint density at radius 2 is 2.14 bits per heavy atom. The van der Waals surface area contributed by atoms with E-state index < -0.39 is 6.10 Å². The highest BCUT2D eigenvalue weighted by Gasteiger charge is 2.31. The summed E-state index contributed by atoms with van der Waals surface area (Å²) in [6.45, 7) is 2.55. The molecule has 1 aromatic heterocycles. The van der Waals surface area contributed by atoms with Gasteiger partial charge in [0.15, 0.2) is 0 Å². The summed E-state index contributed by atoms with van der Waals surface area (Å²) in [5, 5.41) is 15.8. The van der Waals surface area contributed by atoms with E-state index in [0.29, 0.717) is 13.0 Å². The molecule has 2 atom stereocenters. The lowest BCUT2D eigenvalue weighted by molar-refractivity contribution is 0.142. The van der Waals surface area contributed by atoms with Crippen molar-refractivity contribution < 1.29 is 9.90 Å². The molecule has 2 unspecified atom stereocenters. The van der Waals surface area contributed by atoms with Crippen LogP contribution in [0.15, 0.2) is 36.4 Å². The first-order chi connectivity index (χ1) is 10.1. The molecule has 0 radical (unpaired) electrons. The zero-order valence-corrected chi connectivity index (χ0v) is 12.6. The standard InChI is InChI=1S/C16H18N2O2S/c1-10-6-7-12(21-10)9-17-16(20)18-15-13-5-3-2-4-11(13)8-14(15)19/h2-7,14-15,19H,8-9H2,1H3,(H2,17,18,20). The van der Waals surface area contributed by atoms with Gasteiger partial charge in [0.2, 0.25) is 0 Å². The lowest BCUT2D eigenvalue weighted by Crippen LogP contribution is -2.40. The number of nitrogens with one attached hydrogen (secondary N) is 2. The van der Waals surface area contributed by atoms with Crippen molar-refractivity contribution in [2.24, 2.45) is 0 Å². The van der Waals surface area contributed by atoms with Crippen LogP contribution in [0.25, 0.3) is 0 Å². The summed E-state index contributed by atoms with van der Waals surface area (Å²) >= 11 is 1.67. The van der Waals surface area contributed by atoms with Crippen molar-refractivity contribution in [1.82, 2.24) is 10.6 Å². The number of aliphatic hydroxyl groups is 1. The first-order valence-electron chi connectivity index (χ1n) is 6.99. The topological polar surface area (TPSA) is 61.4 Å². The first kappa shape index (κ1) is 14.1. The predicted molar refractivity (Wildman–Crippen MR) is 83.3 cm³/mol. The number of carbonyl (C=O) groups is 1. The number of rotatable bonds is 3. The normalized spacial score (nSPS) is 20.1. The number of fused-ring (bicyclic) bond motifs is 1. The molecule has 1 aliphatic carbocycles. The molecule has 0 spiro atoms. The van der Waals surface area contributed by atoms with E-state index in [0.717, 1.165) is 16.0 Å². The summed E-state index contributed by atoms with van der Waals surface area (Å²) < 4.78 is 0. The maximum atomic E-state index is 12.0. The minimum Gasteiger partial charge on any atom is -0.390 e. The fraction of sp³-hybridized carbons (Fsp3) is 0.312. The number of hydrogen-bond acceptors (Lipinski definition) is 3. The number of hydrogen-bond donors (Lipinski definition) is 3.